The maximum Gasteiger partial charge on any atom is 0.252 e. The zero-order chi connectivity index (χ0) is 68.2. The van der Waals surface area contributed by atoms with Crippen LogP contribution in [0.3, 0.4) is 0 Å². The fourth-order valence-corrected chi connectivity index (χ4v) is 19.0. The third kappa shape index (κ3) is 9.46. The molecule has 486 valence electrons. The normalized spacial score (nSPS) is 16.2. The molecule has 4 nitrogen and oxygen atoms in total. The van der Waals surface area contributed by atoms with Gasteiger partial charge in [-0.15, -0.1) is 0 Å². The molecule has 2 aliphatic carbocycles. The molecular weight excluding hydrogens is 1200 g/mol. The third-order valence-electron chi connectivity index (χ3n) is 23.4. The molecule has 12 aromatic carbocycles. The summed E-state index contributed by atoms with van der Waals surface area (Å²) >= 11 is 0. The topological polar surface area (TPSA) is 16.3 Å². The highest BCUT2D eigenvalue weighted by atomic mass is 15.2. The van der Waals surface area contributed by atoms with Crippen molar-refractivity contribution in [3.8, 4) is 44.8 Å². The van der Waals surface area contributed by atoms with E-state index in [4.69, 9.17) is 0 Å². The average Bonchev–Trinajstić information content (AvgIpc) is 1.28. The Labute approximate surface area is 585 Å². The predicted octanol–water partition coefficient (Wildman–Crippen LogP) is 23.5. The van der Waals surface area contributed by atoms with Crippen LogP contribution in [-0.4, -0.2) is 15.8 Å². The molecule has 2 aromatic heterocycles. The van der Waals surface area contributed by atoms with Gasteiger partial charge in [0, 0.05) is 61.4 Å². The smallest absolute Gasteiger partial charge is 0.252 e. The van der Waals surface area contributed by atoms with Crippen LogP contribution in [0.25, 0.3) is 88.4 Å². The van der Waals surface area contributed by atoms with E-state index < -0.39 is 0 Å². The molecule has 4 aliphatic rings. The lowest BCUT2D eigenvalue weighted by Crippen LogP contribution is -2.61. The Kier molecular flexibility index (Phi) is 13.1. The first-order valence-electron chi connectivity index (χ1n) is 36.0. The van der Waals surface area contributed by atoms with Crippen LogP contribution in [0.4, 0.5) is 34.1 Å². The van der Waals surface area contributed by atoms with Crippen molar-refractivity contribution in [2.75, 3.05) is 9.80 Å². The van der Waals surface area contributed by atoms with E-state index in [-0.39, 0.29) is 39.2 Å². The number of hydrogen-bond acceptors (Lipinski definition) is 2. The minimum Gasteiger partial charge on any atom is -0.311 e. The van der Waals surface area contributed by atoms with Crippen molar-refractivity contribution in [2.24, 2.45) is 0 Å². The van der Waals surface area contributed by atoms with Crippen molar-refractivity contribution < 1.29 is 0 Å². The molecule has 0 saturated heterocycles. The van der Waals surface area contributed by atoms with Gasteiger partial charge in [0.1, 0.15) is 0 Å². The van der Waals surface area contributed by atoms with Gasteiger partial charge in [0.25, 0.3) is 6.71 Å². The quantitative estimate of drug-likeness (QED) is 0.148. The van der Waals surface area contributed by atoms with Crippen LogP contribution in [-0.2, 0) is 32.5 Å². The molecule has 5 heteroatoms. The van der Waals surface area contributed by atoms with Gasteiger partial charge in [0.2, 0.25) is 0 Å². The molecule has 0 N–H and O–H groups in total. The summed E-state index contributed by atoms with van der Waals surface area (Å²) in [5.41, 5.74) is 33.9. The van der Waals surface area contributed by atoms with Gasteiger partial charge in [-0.1, -0.05) is 255 Å². The molecule has 4 heterocycles. The van der Waals surface area contributed by atoms with Crippen LogP contribution in [0.2, 0.25) is 0 Å². The summed E-state index contributed by atoms with van der Waals surface area (Å²) in [6.45, 7) is 33.2. The van der Waals surface area contributed by atoms with Gasteiger partial charge < -0.3 is 18.9 Å². The van der Waals surface area contributed by atoms with Crippen molar-refractivity contribution in [3.05, 3.63) is 282 Å². The highest BCUT2D eigenvalue weighted by molar-refractivity contribution is 7.00. The summed E-state index contributed by atoms with van der Waals surface area (Å²) in [5.74, 6) is 0. The number of para-hydroxylation sites is 2. The number of rotatable bonds is 7. The molecule has 0 spiro atoms. The third-order valence-corrected chi connectivity index (χ3v) is 23.4. The van der Waals surface area contributed by atoms with Gasteiger partial charge in [-0.25, -0.2) is 0 Å². The molecule has 18 rings (SSSR count). The summed E-state index contributed by atoms with van der Waals surface area (Å²) in [7, 11) is 0. The van der Waals surface area contributed by atoms with Crippen LogP contribution < -0.4 is 26.2 Å². The van der Waals surface area contributed by atoms with E-state index in [1.165, 1.54) is 132 Å². The zero-order valence-electron chi connectivity index (χ0n) is 60.0. The van der Waals surface area contributed by atoms with E-state index in [0.29, 0.717) is 0 Å². The largest absolute Gasteiger partial charge is 0.311 e. The number of nitrogens with zero attached hydrogens (tertiary/aromatic N) is 4. The highest BCUT2D eigenvalue weighted by Crippen LogP contribution is 2.54. The van der Waals surface area contributed by atoms with Crippen molar-refractivity contribution in [1.29, 1.82) is 0 Å². The minimum atomic E-state index is -0.142. The number of anilines is 6. The number of benzene rings is 12. The first-order valence-corrected chi connectivity index (χ1v) is 36.0. The molecule has 0 amide bonds. The van der Waals surface area contributed by atoms with Crippen molar-refractivity contribution in [1.82, 2.24) is 9.13 Å². The van der Waals surface area contributed by atoms with E-state index in [2.05, 4.69) is 365 Å². The number of fused-ring (bicyclic) bond motifs is 12. The molecule has 0 unspecified atom stereocenters. The summed E-state index contributed by atoms with van der Waals surface area (Å²) in [5, 5.41) is 5.03. The van der Waals surface area contributed by atoms with Crippen molar-refractivity contribution in [3.63, 3.8) is 0 Å². The SMILES string of the molecule is CC(C)(C)c1ccc2c(c1)c1cc(C(C)(C)C)ccc1n2-c1ccc2c(c1)N(c1ccc(-c3ccc4c(c3)C(C)(C)CC4(C)C)cc1)c1cc(-n3c4ccccc4c4ccccc43)cc3c1B2c1ccc(-c2ccccc2)cc1N3c1ccc(-c2ccc3c(c2)C(C)(C)CC3(C)C)cc1. The monoisotopic (exact) mass is 1280 g/mol. The molecule has 0 fully saturated rings. The second kappa shape index (κ2) is 21.2. The predicted molar refractivity (Wildman–Crippen MR) is 424 cm³/mol. The van der Waals surface area contributed by atoms with Gasteiger partial charge in [-0.2, -0.15) is 0 Å². The van der Waals surface area contributed by atoms with Gasteiger partial charge in [0.15, 0.2) is 0 Å². The van der Waals surface area contributed by atoms with Gasteiger partial charge >= 0.3 is 0 Å². The number of aromatic nitrogens is 2. The maximum absolute atomic E-state index is 2.63. The molecule has 2 aliphatic heterocycles. The van der Waals surface area contributed by atoms with Gasteiger partial charge in [-0.05, 0) is 219 Å². The Morgan fingerprint density at radius 2 is 0.646 bits per heavy atom. The van der Waals surface area contributed by atoms with E-state index in [9.17, 15) is 0 Å². The minimum absolute atomic E-state index is 0.0284. The van der Waals surface area contributed by atoms with Crippen LogP contribution in [0.1, 0.15) is 143 Å². The van der Waals surface area contributed by atoms with Gasteiger partial charge in [-0.3, -0.25) is 0 Å². The lowest BCUT2D eigenvalue weighted by Gasteiger charge is -2.44. The Morgan fingerprint density at radius 1 is 0.283 bits per heavy atom. The van der Waals surface area contributed by atoms with Crippen LogP contribution in [0, 0.1) is 0 Å². The Morgan fingerprint density at radius 3 is 1.13 bits per heavy atom. The van der Waals surface area contributed by atoms with Gasteiger partial charge in [0.05, 0.1) is 27.8 Å². The maximum atomic E-state index is 2.63. The van der Waals surface area contributed by atoms with Crippen LogP contribution in [0.15, 0.2) is 249 Å². The van der Waals surface area contributed by atoms with E-state index in [1.54, 1.807) is 0 Å². The second-order valence-corrected chi connectivity index (χ2v) is 34.1. The lowest BCUT2D eigenvalue weighted by atomic mass is 9.33. The zero-order valence-corrected chi connectivity index (χ0v) is 60.0. The van der Waals surface area contributed by atoms with E-state index >= 15 is 0 Å². The fourth-order valence-electron chi connectivity index (χ4n) is 19.0. The summed E-state index contributed by atoms with van der Waals surface area (Å²) < 4.78 is 5.08. The summed E-state index contributed by atoms with van der Waals surface area (Å²) in [6.07, 6.45) is 2.26. The fraction of sp³-hybridized carbons (Fsp3) is 0.234. The van der Waals surface area contributed by atoms with Crippen LogP contribution in [0.5, 0.6) is 0 Å². The molecule has 14 aromatic rings. The molecule has 0 saturated carbocycles. The first-order chi connectivity index (χ1) is 47.3. The molecular formula is C94H87BN4. The second-order valence-electron chi connectivity index (χ2n) is 34.1. The molecule has 0 atom stereocenters. The van der Waals surface area contributed by atoms with E-state index in [1.807, 2.05) is 0 Å². The lowest BCUT2D eigenvalue weighted by molar-refractivity contribution is 0.402. The molecule has 0 bridgehead atoms. The Hall–Kier alpha value is -10.1. The summed E-state index contributed by atoms with van der Waals surface area (Å²) in [6, 6.07) is 96.8. The Bertz CT molecular complexity index is 5570. The van der Waals surface area contributed by atoms with E-state index in [0.717, 1.165) is 52.7 Å². The van der Waals surface area contributed by atoms with Crippen molar-refractivity contribution >= 4 is 101 Å². The average molecular weight is 1280 g/mol. The Balaban J connectivity index is 0.917. The molecule has 0 radical (unpaired) electrons. The first kappa shape index (κ1) is 61.3. The summed E-state index contributed by atoms with van der Waals surface area (Å²) in [4.78, 5) is 5.24. The molecule has 99 heavy (non-hydrogen) atoms. The highest BCUT2D eigenvalue weighted by Gasteiger charge is 2.46. The standard InChI is InChI=1S/C94H87BN4/c1-89(2,3)64-35-46-82-72(51-64)73-52-65(90(4,5)6)36-47-83(73)98(82)68-41-45-79-85(53-68)97(67-39-30-60(31-40-67)62-33-43-75-77(49-62)94(13,14)57-92(75,9)10)87-55-69(99-80-26-20-18-24-70(80)71-25-19-21-27-81(71)99)54-86-88(87)95(79)78-44-34-63(58-22-16-15-17-23-58)50-84(78)96(86)66-37-28-59(29-38-66)61-32-42-74-76(48-61)93(11,12)56-91(74,7)8/h15-55H,56-57H2,1-14H3. The van der Waals surface area contributed by atoms with Crippen LogP contribution >= 0.6 is 0 Å². The van der Waals surface area contributed by atoms with Crippen molar-refractivity contribution in [2.45, 2.75) is 142 Å². The number of hydrogen-bond donors (Lipinski definition) is 0.